The lowest BCUT2D eigenvalue weighted by molar-refractivity contribution is 0.171. The maximum atomic E-state index is 11.3. The van der Waals surface area contributed by atoms with Crippen molar-refractivity contribution in [2.24, 2.45) is 18.0 Å². The number of nitrogens with two attached hydrogens (primary N) is 1. The molecule has 1 aliphatic carbocycles. The number of hydrogen-bond acceptors (Lipinski definition) is 8. The van der Waals surface area contributed by atoms with Gasteiger partial charge in [0.2, 0.25) is 5.88 Å². The molecule has 3 heterocycles. The molecule has 2 aromatic heterocycles. The molecule has 35 heavy (non-hydrogen) atoms. The number of ether oxygens (including phenoxy) is 1. The Balaban J connectivity index is 1.25. The van der Waals surface area contributed by atoms with Crippen molar-refractivity contribution in [3.8, 4) is 5.88 Å². The fraction of sp³-hybridized carbons (Fsp3) is 0.500. The Morgan fingerprint density at radius 1 is 1.09 bits per heavy atom. The molecular weight excluding hydrogens is 444 g/mol. The average Bonchev–Trinajstić information content (AvgIpc) is 3.14. The minimum Gasteiger partial charge on any atom is -0.463 e. The van der Waals surface area contributed by atoms with Gasteiger partial charge in [0.1, 0.15) is 17.2 Å². The molecule has 1 aliphatic heterocycles. The number of aromatic nitrogens is 4. The Labute approximate surface area is 204 Å². The van der Waals surface area contributed by atoms with Crippen molar-refractivity contribution in [1.29, 1.82) is 0 Å². The Bertz CT molecular complexity index is 1310. The van der Waals surface area contributed by atoms with Gasteiger partial charge in [0, 0.05) is 19.0 Å². The van der Waals surface area contributed by atoms with E-state index in [-0.39, 0.29) is 0 Å². The van der Waals surface area contributed by atoms with Crippen LogP contribution in [0.25, 0.3) is 0 Å². The second kappa shape index (κ2) is 8.94. The van der Waals surface area contributed by atoms with Crippen LogP contribution in [-0.2, 0) is 13.5 Å². The molecule has 1 fully saturated rings. The van der Waals surface area contributed by atoms with Gasteiger partial charge < -0.3 is 15.0 Å². The van der Waals surface area contributed by atoms with Crippen LogP contribution < -0.4 is 16.2 Å². The van der Waals surface area contributed by atoms with Gasteiger partial charge in [-0.05, 0) is 70.3 Å². The summed E-state index contributed by atoms with van der Waals surface area (Å²) >= 11 is 0. The highest BCUT2D eigenvalue weighted by molar-refractivity contribution is 6.09. The van der Waals surface area contributed by atoms with E-state index in [1.54, 1.807) is 14.0 Å². The number of aliphatic imine (C=N–C) groups is 1. The van der Waals surface area contributed by atoms with Gasteiger partial charge in [-0.25, -0.2) is 14.8 Å². The monoisotopic (exact) mass is 476 g/mol. The fourth-order valence-electron chi connectivity index (χ4n) is 5.30. The van der Waals surface area contributed by atoms with Gasteiger partial charge in [-0.1, -0.05) is 24.3 Å². The lowest BCUT2D eigenvalue weighted by atomic mass is 9.77. The molecule has 0 unspecified atom stereocenters. The van der Waals surface area contributed by atoms with E-state index in [9.17, 15) is 4.79 Å². The van der Waals surface area contributed by atoms with E-state index in [2.05, 4.69) is 39.2 Å². The third-order valence-electron chi connectivity index (χ3n) is 7.21. The normalized spacial score (nSPS) is 21.2. The zero-order valence-corrected chi connectivity index (χ0v) is 20.7. The molecule has 9 heteroatoms. The number of rotatable bonds is 5. The van der Waals surface area contributed by atoms with Crippen LogP contribution in [0, 0.1) is 12.8 Å². The maximum absolute atomic E-state index is 11.3. The number of fused-ring (bicyclic) bond motifs is 1. The maximum Gasteiger partial charge on any atom is 0.459 e. The Morgan fingerprint density at radius 3 is 2.46 bits per heavy atom. The molecule has 2 N–H and O–H groups in total. The topological polar surface area (TPSA) is 121 Å². The van der Waals surface area contributed by atoms with Crippen molar-refractivity contribution in [1.82, 2.24) is 19.7 Å². The van der Waals surface area contributed by atoms with Crippen molar-refractivity contribution in [3.63, 3.8) is 0 Å². The second-order valence-electron chi connectivity index (χ2n) is 10.1. The quantitative estimate of drug-likeness (QED) is 0.584. The van der Waals surface area contributed by atoms with Crippen LogP contribution >= 0.6 is 0 Å². The summed E-state index contributed by atoms with van der Waals surface area (Å²) in [7, 11) is 1.73. The Kier molecular flexibility index (Phi) is 5.94. The number of nitrogens with zero attached hydrogens (tertiary/aromatic N) is 5. The first-order valence-corrected chi connectivity index (χ1v) is 12.3. The summed E-state index contributed by atoms with van der Waals surface area (Å²) in [5, 5.41) is 0. The third kappa shape index (κ3) is 4.72. The van der Waals surface area contributed by atoms with Crippen molar-refractivity contribution in [2.75, 3.05) is 5.73 Å². The van der Waals surface area contributed by atoms with Crippen LogP contribution in [0.3, 0.4) is 0 Å². The molecule has 9 nitrogen and oxygen atoms in total. The highest BCUT2D eigenvalue weighted by atomic mass is 16.5. The first-order chi connectivity index (χ1) is 16.7. The molecule has 0 spiro atoms. The Morgan fingerprint density at radius 2 is 1.80 bits per heavy atom. The molecule has 1 saturated carbocycles. The summed E-state index contributed by atoms with van der Waals surface area (Å²) in [5.41, 5.74) is 9.16. The van der Waals surface area contributed by atoms with Gasteiger partial charge in [-0.3, -0.25) is 0 Å². The smallest absolute Gasteiger partial charge is 0.459 e. The number of nitrogen functional groups attached to an aromatic ring is 1. The lowest BCUT2D eigenvalue weighted by Gasteiger charge is -2.32. The molecule has 0 radical (unpaired) electrons. The number of aryl methyl sites for hydroxylation is 3. The molecule has 2 aliphatic rings. The summed E-state index contributed by atoms with van der Waals surface area (Å²) in [5.74, 6) is 2.77. The van der Waals surface area contributed by atoms with Crippen LogP contribution in [0.4, 0.5) is 11.5 Å². The zero-order valence-electron chi connectivity index (χ0n) is 20.7. The lowest BCUT2D eigenvalue weighted by Crippen LogP contribution is -2.41. The summed E-state index contributed by atoms with van der Waals surface area (Å²) in [6.45, 7) is 5.78. The van der Waals surface area contributed by atoms with Crippen LogP contribution in [-0.4, -0.2) is 31.0 Å². The van der Waals surface area contributed by atoms with E-state index < -0.39 is 11.4 Å². The van der Waals surface area contributed by atoms with Crippen LogP contribution in [0.1, 0.15) is 74.6 Å². The summed E-state index contributed by atoms with van der Waals surface area (Å²) < 4.78 is 12.6. The zero-order chi connectivity index (χ0) is 24.7. The van der Waals surface area contributed by atoms with E-state index in [1.807, 2.05) is 13.8 Å². The van der Waals surface area contributed by atoms with Gasteiger partial charge >= 0.3 is 5.76 Å². The van der Waals surface area contributed by atoms with Gasteiger partial charge in [-0.2, -0.15) is 14.7 Å². The van der Waals surface area contributed by atoms with E-state index in [4.69, 9.17) is 20.0 Å². The number of hydrogen-bond donors (Lipinski definition) is 1. The predicted molar refractivity (Wildman–Crippen MR) is 133 cm³/mol. The number of benzene rings is 1. The Hall–Kier alpha value is -3.49. The van der Waals surface area contributed by atoms with Crippen molar-refractivity contribution in [3.05, 3.63) is 57.6 Å². The van der Waals surface area contributed by atoms with Crippen molar-refractivity contribution < 1.29 is 9.26 Å². The first-order valence-electron chi connectivity index (χ1n) is 12.3. The van der Waals surface area contributed by atoms with Gasteiger partial charge in [0.15, 0.2) is 11.5 Å². The van der Waals surface area contributed by atoms with Crippen LogP contribution in [0.2, 0.25) is 0 Å². The molecule has 0 amide bonds. The minimum atomic E-state index is -0.632. The standard InChI is InChI=1S/C26H32N6O3/c1-15-28-23(27)21-24(29-15)34-26(2,3)22(31-21)19-12-10-18(11-13-19)17-8-5-16(6-9-17)7-14-20-30-25(33)35-32(20)4/h10-13,16-17H,5-9,14H2,1-4H3,(H2,27,28,29). The van der Waals surface area contributed by atoms with Gasteiger partial charge in [0.05, 0.1) is 5.71 Å². The minimum absolute atomic E-state index is 0.333. The average molecular weight is 477 g/mol. The van der Waals surface area contributed by atoms with E-state index in [1.165, 1.54) is 23.1 Å². The molecule has 3 aromatic rings. The fourth-order valence-corrected chi connectivity index (χ4v) is 5.30. The highest BCUT2D eigenvalue weighted by Gasteiger charge is 2.35. The van der Waals surface area contributed by atoms with Gasteiger partial charge in [-0.15, -0.1) is 0 Å². The van der Waals surface area contributed by atoms with Crippen LogP contribution in [0.15, 0.2) is 38.6 Å². The molecule has 5 rings (SSSR count). The van der Waals surface area contributed by atoms with E-state index in [0.717, 1.165) is 42.8 Å². The summed E-state index contributed by atoms with van der Waals surface area (Å²) in [6, 6.07) is 8.70. The summed E-state index contributed by atoms with van der Waals surface area (Å²) in [4.78, 5) is 28.7. The largest absolute Gasteiger partial charge is 0.463 e. The molecule has 0 saturated heterocycles. The SMILES string of the molecule is Cc1nc(N)c2c(n1)OC(C)(C)C(c1ccc(C3CCC(CCc4nc(=O)on4C)CC3)cc1)=N2. The van der Waals surface area contributed by atoms with Crippen molar-refractivity contribution in [2.45, 2.75) is 70.8 Å². The second-order valence-corrected chi connectivity index (χ2v) is 10.1. The van der Waals surface area contributed by atoms with Crippen LogP contribution in [0.5, 0.6) is 5.88 Å². The van der Waals surface area contributed by atoms with E-state index >= 15 is 0 Å². The number of anilines is 1. The first kappa shape index (κ1) is 23.3. The third-order valence-corrected chi connectivity index (χ3v) is 7.21. The molecule has 0 atom stereocenters. The van der Waals surface area contributed by atoms with Gasteiger partial charge in [0.25, 0.3) is 0 Å². The van der Waals surface area contributed by atoms with E-state index in [0.29, 0.717) is 35.0 Å². The highest BCUT2D eigenvalue weighted by Crippen LogP contribution is 2.40. The summed E-state index contributed by atoms with van der Waals surface area (Å²) in [6.07, 6.45) is 6.51. The van der Waals surface area contributed by atoms with Crippen molar-refractivity contribution >= 4 is 17.2 Å². The predicted octanol–water partition coefficient (Wildman–Crippen LogP) is 4.25. The molecular formula is C26H32N6O3. The molecule has 1 aromatic carbocycles. The molecule has 184 valence electrons. The molecule has 0 bridgehead atoms.